The number of benzene rings is 1. The van der Waals surface area contributed by atoms with Crippen LogP contribution in [-0.4, -0.2) is 11.7 Å². The van der Waals surface area contributed by atoms with Gasteiger partial charge in [0.25, 0.3) is 0 Å². The average Bonchev–Trinajstić information content (AvgIpc) is 2.05. The molecule has 0 fully saturated rings. The maximum Gasteiger partial charge on any atom is 0.0451 e. The molecule has 0 heterocycles. The van der Waals surface area contributed by atoms with Crippen LogP contribution in [0.3, 0.4) is 0 Å². The van der Waals surface area contributed by atoms with E-state index >= 15 is 0 Å². The summed E-state index contributed by atoms with van der Waals surface area (Å²) in [5.41, 5.74) is 7.93. The number of nitrogens with two attached hydrogens (primary N) is 1. The van der Waals surface area contributed by atoms with Gasteiger partial charge in [-0.25, -0.2) is 0 Å². The van der Waals surface area contributed by atoms with Crippen LogP contribution in [0.25, 0.3) is 0 Å². The van der Waals surface area contributed by atoms with Crippen LogP contribution >= 0.6 is 0 Å². The van der Waals surface area contributed by atoms with Crippen molar-refractivity contribution in [3.05, 3.63) is 35.4 Å². The standard InChI is InChI=1S/C11H17NO/c1-9-3-5-10(6-4-9)11(2,12)7-8-13/h3-6,13H,7-8,12H2,1-2H3/t11-/m1/s1. The van der Waals surface area contributed by atoms with Gasteiger partial charge in [-0.15, -0.1) is 0 Å². The van der Waals surface area contributed by atoms with E-state index in [-0.39, 0.29) is 6.61 Å². The molecule has 0 spiro atoms. The van der Waals surface area contributed by atoms with Gasteiger partial charge >= 0.3 is 0 Å². The lowest BCUT2D eigenvalue weighted by Crippen LogP contribution is -2.33. The van der Waals surface area contributed by atoms with Gasteiger partial charge in [0.2, 0.25) is 0 Å². The monoisotopic (exact) mass is 179 g/mol. The maximum absolute atomic E-state index is 8.84. The number of rotatable bonds is 3. The molecule has 0 aliphatic heterocycles. The van der Waals surface area contributed by atoms with Crippen LogP contribution in [0.5, 0.6) is 0 Å². The fourth-order valence-corrected chi connectivity index (χ4v) is 1.31. The molecule has 3 N–H and O–H groups in total. The Balaban J connectivity index is 2.87. The van der Waals surface area contributed by atoms with E-state index in [1.165, 1.54) is 5.56 Å². The van der Waals surface area contributed by atoms with Crippen LogP contribution in [-0.2, 0) is 5.54 Å². The summed E-state index contributed by atoms with van der Waals surface area (Å²) in [7, 11) is 0. The van der Waals surface area contributed by atoms with Crippen molar-refractivity contribution >= 4 is 0 Å². The Labute approximate surface area is 79.4 Å². The van der Waals surface area contributed by atoms with Crippen LogP contribution in [0, 0.1) is 6.92 Å². The van der Waals surface area contributed by atoms with Crippen LogP contribution in [0.4, 0.5) is 0 Å². The molecule has 0 radical (unpaired) electrons. The molecule has 1 rings (SSSR count). The minimum atomic E-state index is -0.414. The van der Waals surface area contributed by atoms with Crippen molar-refractivity contribution in [2.45, 2.75) is 25.8 Å². The van der Waals surface area contributed by atoms with Gasteiger partial charge in [-0.05, 0) is 25.8 Å². The summed E-state index contributed by atoms with van der Waals surface area (Å²) in [6, 6.07) is 8.12. The van der Waals surface area contributed by atoms with Gasteiger partial charge in [-0.3, -0.25) is 0 Å². The van der Waals surface area contributed by atoms with Crippen LogP contribution in [0.2, 0.25) is 0 Å². The Hall–Kier alpha value is -0.860. The zero-order valence-electron chi connectivity index (χ0n) is 8.25. The van der Waals surface area contributed by atoms with Crippen molar-refractivity contribution in [2.75, 3.05) is 6.61 Å². The molecular formula is C11H17NO. The second kappa shape index (κ2) is 3.90. The first-order chi connectivity index (χ1) is 6.06. The Morgan fingerprint density at radius 2 is 1.85 bits per heavy atom. The van der Waals surface area contributed by atoms with E-state index in [0.29, 0.717) is 6.42 Å². The molecule has 72 valence electrons. The molecule has 2 heteroatoms. The van der Waals surface area contributed by atoms with Gasteiger partial charge in [0.15, 0.2) is 0 Å². The topological polar surface area (TPSA) is 46.2 Å². The third-order valence-corrected chi connectivity index (χ3v) is 2.34. The van der Waals surface area contributed by atoms with E-state index in [1.54, 1.807) is 0 Å². The maximum atomic E-state index is 8.84. The Morgan fingerprint density at radius 1 is 1.31 bits per heavy atom. The van der Waals surface area contributed by atoms with Crippen molar-refractivity contribution in [1.82, 2.24) is 0 Å². The van der Waals surface area contributed by atoms with Crippen molar-refractivity contribution < 1.29 is 5.11 Å². The summed E-state index contributed by atoms with van der Waals surface area (Å²) in [6.45, 7) is 4.11. The zero-order chi connectivity index (χ0) is 9.90. The minimum absolute atomic E-state index is 0.126. The van der Waals surface area contributed by atoms with Gasteiger partial charge < -0.3 is 10.8 Å². The third kappa shape index (κ3) is 2.54. The number of aryl methyl sites for hydroxylation is 1. The van der Waals surface area contributed by atoms with E-state index in [4.69, 9.17) is 10.8 Å². The zero-order valence-corrected chi connectivity index (χ0v) is 8.25. The van der Waals surface area contributed by atoms with Gasteiger partial charge in [-0.1, -0.05) is 29.8 Å². The summed E-state index contributed by atoms with van der Waals surface area (Å²) < 4.78 is 0. The summed E-state index contributed by atoms with van der Waals surface area (Å²) in [4.78, 5) is 0. The predicted octanol–water partition coefficient (Wildman–Crippen LogP) is 1.55. The summed E-state index contributed by atoms with van der Waals surface area (Å²) in [5.74, 6) is 0. The molecule has 0 aromatic heterocycles. The molecular weight excluding hydrogens is 162 g/mol. The Bertz CT molecular complexity index is 264. The summed E-state index contributed by atoms with van der Waals surface area (Å²) in [5, 5.41) is 8.84. The fourth-order valence-electron chi connectivity index (χ4n) is 1.31. The van der Waals surface area contributed by atoms with Crippen molar-refractivity contribution in [2.24, 2.45) is 5.73 Å². The van der Waals surface area contributed by atoms with Crippen molar-refractivity contribution in [3.8, 4) is 0 Å². The van der Waals surface area contributed by atoms with E-state index in [9.17, 15) is 0 Å². The second-order valence-corrected chi connectivity index (χ2v) is 3.76. The smallest absolute Gasteiger partial charge is 0.0451 e. The highest BCUT2D eigenvalue weighted by atomic mass is 16.3. The van der Waals surface area contributed by atoms with E-state index < -0.39 is 5.54 Å². The third-order valence-electron chi connectivity index (χ3n) is 2.34. The highest BCUT2D eigenvalue weighted by Crippen LogP contribution is 2.21. The first-order valence-electron chi connectivity index (χ1n) is 4.53. The molecule has 0 bridgehead atoms. The molecule has 0 saturated heterocycles. The Morgan fingerprint density at radius 3 is 2.31 bits per heavy atom. The summed E-state index contributed by atoms with van der Waals surface area (Å²) in [6.07, 6.45) is 0.593. The Kier molecular flexibility index (Phi) is 3.07. The molecule has 0 unspecified atom stereocenters. The van der Waals surface area contributed by atoms with E-state index in [0.717, 1.165) is 5.56 Å². The van der Waals surface area contributed by atoms with Gasteiger partial charge in [0.05, 0.1) is 0 Å². The van der Waals surface area contributed by atoms with Crippen LogP contribution < -0.4 is 5.73 Å². The molecule has 1 aromatic carbocycles. The van der Waals surface area contributed by atoms with Gasteiger partial charge in [-0.2, -0.15) is 0 Å². The van der Waals surface area contributed by atoms with Crippen LogP contribution in [0.1, 0.15) is 24.5 Å². The number of hydrogen-bond acceptors (Lipinski definition) is 2. The molecule has 0 aliphatic carbocycles. The molecule has 0 aliphatic rings. The number of aliphatic hydroxyl groups excluding tert-OH is 1. The SMILES string of the molecule is Cc1ccc([C@](C)(N)CCO)cc1. The van der Waals surface area contributed by atoms with Crippen LogP contribution in [0.15, 0.2) is 24.3 Å². The quantitative estimate of drug-likeness (QED) is 0.739. The first-order valence-corrected chi connectivity index (χ1v) is 4.53. The molecule has 0 saturated carbocycles. The predicted molar refractivity (Wildman–Crippen MR) is 54.4 cm³/mol. The molecule has 1 aromatic rings. The highest BCUT2D eigenvalue weighted by Gasteiger charge is 2.19. The van der Waals surface area contributed by atoms with Gasteiger partial charge in [0.1, 0.15) is 0 Å². The molecule has 13 heavy (non-hydrogen) atoms. The normalized spacial score (nSPS) is 15.4. The van der Waals surface area contributed by atoms with Crippen molar-refractivity contribution in [3.63, 3.8) is 0 Å². The van der Waals surface area contributed by atoms with E-state index in [2.05, 4.69) is 0 Å². The number of aliphatic hydroxyl groups is 1. The highest BCUT2D eigenvalue weighted by molar-refractivity contribution is 5.26. The lowest BCUT2D eigenvalue weighted by Gasteiger charge is -2.24. The lowest BCUT2D eigenvalue weighted by molar-refractivity contribution is 0.247. The lowest BCUT2D eigenvalue weighted by atomic mass is 9.90. The second-order valence-electron chi connectivity index (χ2n) is 3.76. The fraction of sp³-hybridized carbons (Fsp3) is 0.455. The molecule has 2 nitrogen and oxygen atoms in total. The van der Waals surface area contributed by atoms with Crippen molar-refractivity contribution in [1.29, 1.82) is 0 Å². The molecule has 0 amide bonds. The van der Waals surface area contributed by atoms with E-state index in [1.807, 2.05) is 38.1 Å². The van der Waals surface area contributed by atoms with Gasteiger partial charge in [0, 0.05) is 12.1 Å². The minimum Gasteiger partial charge on any atom is -0.396 e. The summed E-state index contributed by atoms with van der Waals surface area (Å²) >= 11 is 0. The molecule has 1 atom stereocenters. The average molecular weight is 179 g/mol. The first kappa shape index (κ1) is 10.2. The largest absolute Gasteiger partial charge is 0.396 e. The number of hydrogen-bond donors (Lipinski definition) is 2.